The third kappa shape index (κ3) is 15.3. The zero-order valence-electron chi connectivity index (χ0n) is 3.38. The maximum atomic E-state index is 2.24. The van der Waals surface area contributed by atoms with E-state index in [2.05, 4.69) is 9.86 Å². The van der Waals surface area contributed by atoms with Crippen molar-refractivity contribution in [1.82, 2.24) is 0 Å². The van der Waals surface area contributed by atoms with Gasteiger partial charge in [0.2, 0.25) is 0 Å². The lowest BCUT2D eigenvalue weighted by Gasteiger charge is -1.22. The molecule has 0 heterocycles. The van der Waals surface area contributed by atoms with Gasteiger partial charge in [-0.3, -0.25) is 0 Å². The highest BCUT2D eigenvalue weighted by Crippen LogP contribution is 0.388. The van der Waals surface area contributed by atoms with E-state index in [1.807, 2.05) is 0 Å². The van der Waals surface area contributed by atoms with Crippen LogP contribution in [0.4, 0.5) is 0 Å². The summed E-state index contributed by atoms with van der Waals surface area (Å²) in [5.74, 6) is 0. The Morgan fingerprint density at radius 3 is 1.25 bits per heavy atom. The molecule has 0 spiro atoms. The third-order valence-corrected chi connectivity index (χ3v) is 0. The maximum absolute atomic E-state index is 2.24. The zero-order chi connectivity index (χ0) is 2.71. The second-order valence-electron chi connectivity index (χ2n) is 0.378. The molecular weight excluding hydrogens is 163 g/mol. The molecule has 0 saturated heterocycles. The smallest absolute Gasteiger partial charge is 0.261 e. The molecule has 1 heteroatoms. The van der Waals surface area contributed by atoms with Crippen molar-refractivity contribution in [1.29, 1.82) is 0 Å². The van der Waals surface area contributed by atoms with Gasteiger partial charge < -0.3 is 7.43 Å². The van der Waals surface area contributed by atoms with Crippen LogP contribution in [-0.4, -0.2) is 9.86 Å². The first-order valence-electron chi connectivity index (χ1n) is 0.756. The van der Waals surface area contributed by atoms with Gasteiger partial charge in [-0.15, -0.1) is 0 Å². The fourth-order valence-electron chi connectivity index (χ4n) is 0. The largest absolute Gasteiger partial charge is 0.358 e. The van der Waals surface area contributed by atoms with Crippen LogP contribution in [0.25, 0.3) is 0 Å². The second kappa shape index (κ2) is 9.29. The van der Waals surface area contributed by atoms with Crippen molar-refractivity contribution < 1.29 is 21.2 Å². The minimum atomic E-state index is 0. The SMILES string of the molecule is C[I+]C.[CH3-]. The first-order valence-corrected chi connectivity index (χ1v) is 5.07. The molecule has 0 nitrogen and oxygen atoms in total. The number of hydrogen-bond donors (Lipinski definition) is 0. The van der Waals surface area contributed by atoms with E-state index < -0.39 is 0 Å². The molecule has 0 aromatic carbocycles. The van der Waals surface area contributed by atoms with Crippen LogP contribution in [0.3, 0.4) is 0 Å². The lowest BCUT2D eigenvalue weighted by Crippen LogP contribution is -3.59. The van der Waals surface area contributed by atoms with Gasteiger partial charge >= 0.3 is 0 Å². The van der Waals surface area contributed by atoms with Gasteiger partial charge in [0.1, 0.15) is 9.86 Å². The van der Waals surface area contributed by atoms with E-state index >= 15 is 0 Å². The van der Waals surface area contributed by atoms with Crippen molar-refractivity contribution in [3.8, 4) is 0 Å². The normalized spacial score (nSPS) is 4.50. The van der Waals surface area contributed by atoms with Crippen LogP contribution in [0.2, 0.25) is 0 Å². The Balaban J connectivity index is 0. The van der Waals surface area contributed by atoms with Gasteiger partial charge in [-0.25, -0.2) is 0 Å². The van der Waals surface area contributed by atoms with E-state index in [0.29, 0.717) is 21.2 Å². The van der Waals surface area contributed by atoms with Crippen LogP contribution >= 0.6 is 0 Å². The summed E-state index contributed by atoms with van der Waals surface area (Å²) in [6, 6.07) is 0. The molecule has 0 aliphatic carbocycles. The Morgan fingerprint density at radius 2 is 1.25 bits per heavy atom. The summed E-state index contributed by atoms with van der Waals surface area (Å²) >= 11 is 0.590. The standard InChI is InChI=1S/C2H6I.CH3/c1-3-2;/h1-2H3;1H3/q+1;-1. The molecule has 0 unspecified atom stereocenters. The summed E-state index contributed by atoms with van der Waals surface area (Å²) in [6.45, 7) is 0. The third-order valence-electron chi connectivity index (χ3n) is 0. The van der Waals surface area contributed by atoms with Crippen molar-refractivity contribution in [2.24, 2.45) is 0 Å². The van der Waals surface area contributed by atoms with Crippen molar-refractivity contribution in [2.45, 2.75) is 0 Å². The molecule has 0 radical (unpaired) electrons. The summed E-state index contributed by atoms with van der Waals surface area (Å²) in [5.41, 5.74) is 0. The lowest BCUT2D eigenvalue weighted by molar-refractivity contribution is -0.597. The molecule has 0 aromatic rings. The van der Waals surface area contributed by atoms with E-state index in [0.717, 1.165) is 0 Å². The monoisotopic (exact) mass is 172 g/mol. The predicted octanol–water partition coefficient (Wildman–Crippen LogP) is -2.21. The number of hydrogen-bond acceptors (Lipinski definition) is 0. The van der Waals surface area contributed by atoms with Gasteiger partial charge in [-0.1, -0.05) is 0 Å². The van der Waals surface area contributed by atoms with Crippen LogP contribution in [-0.2, 0) is 0 Å². The van der Waals surface area contributed by atoms with Crippen LogP contribution in [0.1, 0.15) is 0 Å². The second-order valence-corrected chi connectivity index (χ2v) is 2.54. The average molecular weight is 172 g/mol. The average Bonchev–Trinajstić information content (AvgIpc) is 0.918. The highest BCUT2D eigenvalue weighted by atomic mass is 127. The highest BCUT2D eigenvalue weighted by molar-refractivity contribution is 3.35. The molecular formula is C3H9I. The molecule has 0 aliphatic rings. The Hall–Kier alpha value is 0.730. The van der Waals surface area contributed by atoms with E-state index in [1.54, 1.807) is 0 Å². The topological polar surface area (TPSA) is 0 Å². The van der Waals surface area contributed by atoms with E-state index in [4.69, 9.17) is 0 Å². The minimum absolute atomic E-state index is 0. The summed E-state index contributed by atoms with van der Waals surface area (Å²) in [7, 11) is 0. The number of alkyl halides is 2. The number of halogens is 1. The van der Waals surface area contributed by atoms with Crippen molar-refractivity contribution in [3.05, 3.63) is 7.43 Å². The fraction of sp³-hybridized carbons (Fsp3) is 0.667. The lowest BCUT2D eigenvalue weighted by atomic mass is 12.0. The van der Waals surface area contributed by atoms with Gasteiger partial charge in [-0.2, -0.15) is 0 Å². The molecule has 28 valence electrons. The summed E-state index contributed by atoms with van der Waals surface area (Å²) in [6.07, 6.45) is 0. The minimum Gasteiger partial charge on any atom is -0.358 e. The van der Waals surface area contributed by atoms with E-state index in [9.17, 15) is 0 Å². The molecule has 0 N–H and O–H groups in total. The Bertz CT molecular complexity index is 3.25. The van der Waals surface area contributed by atoms with Crippen molar-refractivity contribution >= 4 is 0 Å². The van der Waals surface area contributed by atoms with Crippen LogP contribution in [0.5, 0.6) is 0 Å². The Morgan fingerprint density at radius 1 is 1.25 bits per heavy atom. The van der Waals surface area contributed by atoms with Crippen LogP contribution < -0.4 is 21.2 Å². The van der Waals surface area contributed by atoms with E-state index in [-0.39, 0.29) is 7.43 Å². The Kier molecular flexibility index (Phi) is 20.5. The highest BCUT2D eigenvalue weighted by Gasteiger charge is 1.61. The van der Waals surface area contributed by atoms with Gasteiger partial charge in [0, 0.05) is 0 Å². The molecule has 0 bridgehead atoms. The molecule has 0 amide bonds. The summed E-state index contributed by atoms with van der Waals surface area (Å²) < 4.78 is 0. The fourth-order valence-corrected chi connectivity index (χ4v) is 0. The molecule has 0 saturated carbocycles. The summed E-state index contributed by atoms with van der Waals surface area (Å²) in [4.78, 5) is 4.47. The molecule has 0 fully saturated rings. The van der Waals surface area contributed by atoms with Gasteiger partial charge in [0.05, 0.1) is 0 Å². The molecule has 0 aromatic heterocycles. The molecule has 4 heavy (non-hydrogen) atoms. The van der Waals surface area contributed by atoms with Crippen molar-refractivity contribution in [3.63, 3.8) is 0 Å². The zero-order valence-corrected chi connectivity index (χ0v) is 5.54. The van der Waals surface area contributed by atoms with Gasteiger partial charge in [-0.05, 0) is 0 Å². The van der Waals surface area contributed by atoms with E-state index in [1.165, 1.54) is 0 Å². The number of rotatable bonds is 0. The quantitative estimate of drug-likeness (QED) is 0.221. The maximum Gasteiger partial charge on any atom is 0.261 e. The molecule has 0 rings (SSSR count). The first kappa shape index (κ1) is 8.83. The van der Waals surface area contributed by atoms with Gasteiger partial charge in [0.25, 0.3) is 21.2 Å². The first-order chi connectivity index (χ1) is 1.41. The van der Waals surface area contributed by atoms with Crippen molar-refractivity contribution in [2.75, 3.05) is 9.86 Å². The van der Waals surface area contributed by atoms with Crippen LogP contribution in [0, 0.1) is 7.43 Å². The summed E-state index contributed by atoms with van der Waals surface area (Å²) in [5, 5.41) is 0. The predicted molar refractivity (Wildman–Crippen MR) is 18.3 cm³/mol. The van der Waals surface area contributed by atoms with Gasteiger partial charge in [0.15, 0.2) is 0 Å². The molecule has 0 atom stereocenters. The Labute approximate surface area is 38.9 Å². The van der Waals surface area contributed by atoms with Crippen LogP contribution in [0.15, 0.2) is 0 Å². The molecule has 0 aliphatic heterocycles.